The van der Waals surface area contributed by atoms with Crippen LogP contribution in [0.2, 0.25) is 0 Å². The third kappa shape index (κ3) is 4.02. The van der Waals surface area contributed by atoms with Crippen molar-refractivity contribution in [2.45, 2.75) is 44.4 Å². The standard InChI is InChI=1S/C19H28N2O5/c1-3-21(2)8-7-12-10-20-13-5-4-6-15(18(12)13)25-17-9-14(23)19(24)16(11-22)26-17/h4-6,10,14,16-17,19-20,22-24H,3,7-9,11H2,1-2H3/t14-,16-,17?,19+/m1/s1. The molecule has 7 heteroatoms. The van der Waals surface area contributed by atoms with Gasteiger partial charge in [0.05, 0.1) is 12.7 Å². The van der Waals surface area contributed by atoms with Crippen LogP contribution in [0.15, 0.2) is 24.4 Å². The number of aromatic amines is 1. The molecule has 1 saturated heterocycles. The predicted octanol–water partition coefficient (Wildman–Crippen LogP) is 0.870. The van der Waals surface area contributed by atoms with Crippen molar-refractivity contribution in [3.8, 4) is 5.75 Å². The molecule has 1 aromatic carbocycles. The molecule has 2 heterocycles. The van der Waals surface area contributed by atoms with Gasteiger partial charge in [-0.3, -0.25) is 0 Å². The second-order valence-corrected chi connectivity index (χ2v) is 6.84. The summed E-state index contributed by atoms with van der Waals surface area (Å²) in [5.41, 5.74) is 2.14. The van der Waals surface area contributed by atoms with Crippen LogP contribution in [0.4, 0.5) is 0 Å². The van der Waals surface area contributed by atoms with E-state index < -0.39 is 24.6 Å². The Morgan fingerprint density at radius 1 is 1.35 bits per heavy atom. The van der Waals surface area contributed by atoms with Gasteiger partial charge in [0.1, 0.15) is 18.0 Å². The van der Waals surface area contributed by atoms with Crippen molar-refractivity contribution in [2.75, 3.05) is 26.7 Å². The molecule has 4 N–H and O–H groups in total. The number of aromatic nitrogens is 1. The smallest absolute Gasteiger partial charge is 0.202 e. The largest absolute Gasteiger partial charge is 0.464 e. The molecular weight excluding hydrogens is 336 g/mol. The van der Waals surface area contributed by atoms with Crippen LogP contribution in [0.5, 0.6) is 5.75 Å². The number of nitrogens with one attached hydrogen (secondary N) is 1. The number of fused-ring (bicyclic) bond motifs is 1. The van der Waals surface area contributed by atoms with Crippen LogP contribution in [-0.2, 0) is 11.2 Å². The Balaban J connectivity index is 1.80. The number of hydrogen-bond acceptors (Lipinski definition) is 6. The first kappa shape index (κ1) is 19.1. The van der Waals surface area contributed by atoms with E-state index >= 15 is 0 Å². The third-order valence-electron chi connectivity index (χ3n) is 5.03. The van der Waals surface area contributed by atoms with E-state index in [1.165, 1.54) is 0 Å². The van der Waals surface area contributed by atoms with Crippen molar-refractivity contribution >= 4 is 10.9 Å². The first-order valence-corrected chi connectivity index (χ1v) is 9.10. The van der Waals surface area contributed by atoms with E-state index in [0.29, 0.717) is 5.75 Å². The maximum absolute atomic E-state index is 10.00. The molecule has 0 saturated carbocycles. The number of hydrogen-bond donors (Lipinski definition) is 4. The molecule has 0 amide bonds. The van der Waals surface area contributed by atoms with E-state index in [4.69, 9.17) is 9.47 Å². The Morgan fingerprint density at radius 2 is 2.15 bits per heavy atom. The molecule has 0 aliphatic carbocycles. The Hall–Kier alpha value is -1.64. The fourth-order valence-corrected chi connectivity index (χ4v) is 3.27. The molecule has 7 nitrogen and oxygen atoms in total. The summed E-state index contributed by atoms with van der Waals surface area (Å²) in [6.45, 7) is 3.68. The molecule has 26 heavy (non-hydrogen) atoms. The van der Waals surface area contributed by atoms with Gasteiger partial charge in [-0.05, 0) is 37.7 Å². The highest BCUT2D eigenvalue weighted by molar-refractivity contribution is 5.89. The van der Waals surface area contributed by atoms with Crippen molar-refractivity contribution in [3.63, 3.8) is 0 Å². The van der Waals surface area contributed by atoms with Gasteiger partial charge in [-0.25, -0.2) is 0 Å². The van der Waals surface area contributed by atoms with Gasteiger partial charge in [-0.15, -0.1) is 0 Å². The molecule has 2 aromatic rings. The minimum absolute atomic E-state index is 0.145. The van der Waals surface area contributed by atoms with Gasteiger partial charge in [0, 0.05) is 30.1 Å². The van der Waals surface area contributed by atoms with Crippen molar-refractivity contribution in [3.05, 3.63) is 30.0 Å². The van der Waals surface area contributed by atoms with Crippen LogP contribution >= 0.6 is 0 Å². The molecule has 4 atom stereocenters. The Kier molecular flexibility index (Phi) is 6.16. The molecule has 3 rings (SSSR count). The lowest BCUT2D eigenvalue weighted by molar-refractivity contribution is -0.229. The van der Waals surface area contributed by atoms with E-state index in [0.717, 1.165) is 36.0 Å². The molecular formula is C19H28N2O5. The fraction of sp³-hybridized carbons (Fsp3) is 0.579. The van der Waals surface area contributed by atoms with Crippen LogP contribution in [0.25, 0.3) is 10.9 Å². The van der Waals surface area contributed by atoms with Gasteiger partial charge in [0.15, 0.2) is 0 Å². The Labute approximate surface area is 153 Å². The van der Waals surface area contributed by atoms with E-state index in [2.05, 4.69) is 23.9 Å². The summed E-state index contributed by atoms with van der Waals surface area (Å²) in [4.78, 5) is 5.52. The molecule has 1 aromatic heterocycles. The lowest BCUT2D eigenvalue weighted by Crippen LogP contribution is -2.51. The zero-order chi connectivity index (χ0) is 18.7. The van der Waals surface area contributed by atoms with Gasteiger partial charge in [0.2, 0.25) is 6.29 Å². The van der Waals surface area contributed by atoms with E-state index in [1.807, 2.05) is 24.4 Å². The summed E-state index contributed by atoms with van der Waals surface area (Å²) < 4.78 is 11.6. The summed E-state index contributed by atoms with van der Waals surface area (Å²) in [7, 11) is 2.09. The van der Waals surface area contributed by atoms with E-state index in [9.17, 15) is 15.3 Å². The number of aliphatic hydroxyl groups excluding tert-OH is 3. The second kappa shape index (κ2) is 8.37. The van der Waals surface area contributed by atoms with Crippen molar-refractivity contribution in [2.24, 2.45) is 0 Å². The number of ether oxygens (including phenoxy) is 2. The number of rotatable bonds is 7. The third-order valence-corrected chi connectivity index (χ3v) is 5.03. The topological polar surface area (TPSA) is 98.2 Å². The van der Waals surface area contributed by atoms with Crippen LogP contribution in [-0.4, -0.2) is 76.5 Å². The summed E-state index contributed by atoms with van der Waals surface area (Å²) in [6, 6.07) is 5.76. The zero-order valence-corrected chi connectivity index (χ0v) is 15.3. The predicted molar refractivity (Wildman–Crippen MR) is 98.2 cm³/mol. The monoisotopic (exact) mass is 364 g/mol. The Morgan fingerprint density at radius 3 is 2.88 bits per heavy atom. The van der Waals surface area contributed by atoms with Gasteiger partial charge in [-0.2, -0.15) is 0 Å². The number of H-pyrrole nitrogens is 1. The van der Waals surface area contributed by atoms with Crippen molar-refractivity contribution in [1.29, 1.82) is 0 Å². The summed E-state index contributed by atoms with van der Waals surface area (Å²) >= 11 is 0. The maximum atomic E-state index is 10.00. The first-order chi connectivity index (χ1) is 12.5. The highest BCUT2D eigenvalue weighted by Crippen LogP contribution is 2.32. The van der Waals surface area contributed by atoms with Crippen molar-refractivity contribution in [1.82, 2.24) is 9.88 Å². The van der Waals surface area contributed by atoms with E-state index in [1.54, 1.807) is 0 Å². The molecule has 1 fully saturated rings. The van der Waals surface area contributed by atoms with Crippen molar-refractivity contribution < 1.29 is 24.8 Å². The molecule has 1 aliphatic rings. The van der Waals surface area contributed by atoms with Gasteiger partial charge >= 0.3 is 0 Å². The average Bonchev–Trinajstić information content (AvgIpc) is 3.06. The summed E-state index contributed by atoms with van der Waals surface area (Å²) in [6.07, 6.45) is -0.651. The van der Waals surface area contributed by atoms with E-state index in [-0.39, 0.29) is 13.0 Å². The Bertz CT molecular complexity index is 719. The average molecular weight is 364 g/mol. The maximum Gasteiger partial charge on any atom is 0.202 e. The number of aliphatic hydroxyl groups is 3. The first-order valence-electron chi connectivity index (χ1n) is 9.10. The van der Waals surface area contributed by atoms with Gasteiger partial charge < -0.3 is 34.7 Å². The quantitative estimate of drug-likeness (QED) is 0.582. The highest BCUT2D eigenvalue weighted by Gasteiger charge is 2.37. The number of benzene rings is 1. The molecule has 1 aliphatic heterocycles. The van der Waals surface area contributed by atoms with Gasteiger partial charge in [0.25, 0.3) is 0 Å². The SMILES string of the molecule is CCN(C)CCc1c[nH]c2cccc(OC3C[C@@H](O)[C@H](O)[C@@H](CO)O3)c12. The van der Waals surface area contributed by atoms with Gasteiger partial charge in [-0.1, -0.05) is 13.0 Å². The van der Waals surface area contributed by atoms with Crippen LogP contribution in [0.3, 0.4) is 0 Å². The van der Waals surface area contributed by atoms with Crippen LogP contribution in [0, 0.1) is 0 Å². The minimum atomic E-state index is -1.11. The zero-order valence-electron chi connectivity index (χ0n) is 15.3. The molecule has 144 valence electrons. The minimum Gasteiger partial charge on any atom is -0.464 e. The van der Waals surface area contributed by atoms with Crippen LogP contribution in [0.1, 0.15) is 18.9 Å². The molecule has 1 unspecified atom stereocenters. The molecule has 0 spiro atoms. The lowest BCUT2D eigenvalue weighted by atomic mass is 10.0. The number of likely N-dealkylation sites (N-methyl/N-ethyl adjacent to an activating group) is 1. The fourth-order valence-electron chi connectivity index (χ4n) is 3.27. The normalized spacial score (nSPS) is 26.5. The summed E-state index contributed by atoms with van der Waals surface area (Å²) in [5.74, 6) is 0.670. The molecule has 0 radical (unpaired) electrons. The summed E-state index contributed by atoms with van der Waals surface area (Å²) in [5, 5.41) is 30.2. The molecule has 0 bridgehead atoms. The number of nitrogens with zero attached hydrogens (tertiary/aromatic N) is 1. The highest BCUT2D eigenvalue weighted by atomic mass is 16.7. The lowest BCUT2D eigenvalue weighted by Gasteiger charge is -2.36. The van der Waals surface area contributed by atoms with Crippen LogP contribution < -0.4 is 4.74 Å². The second-order valence-electron chi connectivity index (χ2n) is 6.84.